The van der Waals surface area contributed by atoms with Crippen molar-refractivity contribution in [1.82, 2.24) is 10.2 Å². The van der Waals surface area contributed by atoms with Crippen molar-refractivity contribution in [3.63, 3.8) is 0 Å². The Labute approximate surface area is 130 Å². The zero-order valence-electron chi connectivity index (χ0n) is 12.8. The highest BCUT2D eigenvalue weighted by atomic mass is 32.1. The maximum absolute atomic E-state index is 12.6. The molecule has 0 aliphatic carbocycles. The van der Waals surface area contributed by atoms with E-state index in [0.29, 0.717) is 5.92 Å². The molecule has 2 saturated heterocycles. The van der Waals surface area contributed by atoms with Crippen LogP contribution < -0.4 is 5.32 Å². The molecule has 2 aliphatic rings. The molecule has 0 bridgehead atoms. The third kappa shape index (κ3) is 3.15. The van der Waals surface area contributed by atoms with Crippen LogP contribution in [0.2, 0.25) is 0 Å². The average molecular weight is 308 g/mol. The summed E-state index contributed by atoms with van der Waals surface area (Å²) in [5, 5.41) is 3.51. The van der Waals surface area contributed by atoms with Crippen LogP contribution in [-0.2, 0) is 9.53 Å². The zero-order chi connectivity index (χ0) is 14.8. The van der Waals surface area contributed by atoms with Crippen molar-refractivity contribution in [3.05, 3.63) is 21.9 Å². The lowest BCUT2D eigenvalue weighted by molar-refractivity contribution is -0.131. The molecule has 4 nitrogen and oxygen atoms in total. The maximum atomic E-state index is 12.6. The fourth-order valence-corrected chi connectivity index (χ4v) is 4.18. The van der Waals surface area contributed by atoms with E-state index in [1.165, 1.54) is 9.75 Å². The first-order valence-electron chi connectivity index (χ1n) is 7.89. The highest BCUT2D eigenvalue weighted by molar-refractivity contribution is 7.12. The molecule has 1 amide bonds. The monoisotopic (exact) mass is 308 g/mol. The van der Waals surface area contributed by atoms with Gasteiger partial charge < -0.3 is 9.64 Å². The van der Waals surface area contributed by atoms with Gasteiger partial charge in [0.2, 0.25) is 5.91 Å². The van der Waals surface area contributed by atoms with Crippen LogP contribution in [-0.4, -0.2) is 36.6 Å². The van der Waals surface area contributed by atoms with Gasteiger partial charge in [0, 0.05) is 28.8 Å². The predicted octanol–water partition coefficient (Wildman–Crippen LogP) is 2.69. The fraction of sp³-hybridized carbons (Fsp3) is 0.688. The number of hydrogen-bond acceptors (Lipinski definition) is 4. The second kappa shape index (κ2) is 6.46. The van der Waals surface area contributed by atoms with Gasteiger partial charge in [0.15, 0.2) is 0 Å². The summed E-state index contributed by atoms with van der Waals surface area (Å²) in [6, 6.07) is 4.24. The predicted molar refractivity (Wildman–Crippen MR) is 84.3 cm³/mol. The smallest absolute Gasteiger partial charge is 0.241 e. The number of ether oxygens (including phenoxy) is 1. The van der Waals surface area contributed by atoms with Crippen molar-refractivity contribution in [2.75, 3.05) is 19.8 Å². The fourth-order valence-electron chi connectivity index (χ4n) is 3.23. The lowest BCUT2D eigenvalue weighted by atomic mass is 10.0. The zero-order valence-corrected chi connectivity index (χ0v) is 13.6. The summed E-state index contributed by atoms with van der Waals surface area (Å²) in [5.41, 5.74) is 0. The standard InChI is InChI=1S/C16H24N2O2S/c1-3-13-16(19)18(9-12-5-4-8-20-10-12)15(17-13)14-7-6-11(2)21-14/h6-7,12-13,15,17H,3-5,8-10H2,1-2H3. The number of nitrogens with one attached hydrogen (secondary N) is 1. The molecule has 1 N–H and O–H groups in total. The molecular weight excluding hydrogens is 284 g/mol. The topological polar surface area (TPSA) is 41.6 Å². The third-order valence-electron chi connectivity index (χ3n) is 4.40. The first-order chi connectivity index (χ1) is 10.2. The van der Waals surface area contributed by atoms with Crippen LogP contribution in [0.5, 0.6) is 0 Å². The molecule has 1 aromatic rings. The Balaban J connectivity index is 1.77. The third-order valence-corrected chi connectivity index (χ3v) is 5.45. The van der Waals surface area contributed by atoms with Crippen LogP contribution in [0.1, 0.15) is 42.1 Å². The summed E-state index contributed by atoms with van der Waals surface area (Å²) in [4.78, 5) is 17.2. The lowest BCUT2D eigenvalue weighted by Gasteiger charge is -2.30. The minimum absolute atomic E-state index is 0.0399. The van der Waals surface area contributed by atoms with E-state index in [1.54, 1.807) is 11.3 Å². The van der Waals surface area contributed by atoms with Gasteiger partial charge in [-0.2, -0.15) is 0 Å². The molecular formula is C16H24N2O2S. The van der Waals surface area contributed by atoms with Crippen LogP contribution in [0.15, 0.2) is 12.1 Å². The van der Waals surface area contributed by atoms with E-state index in [9.17, 15) is 4.79 Å². The second-order valence-corrected chi connectivity index (χ2v) is 7.37. The minimum Gasteiger partial charge on any atom is -0.381 e. The summed E-state index contributed by atoms with van der Waals surface area (Å²) in [7, 11) is 0. The van der Waals surface area contributed by atoms with Crippen LogP contribution in [0.4, 0.5) is 0 Å². The van der Waals surface area contributed by atoms with Gasteiger partial charge in [-0.1, -0.05) is 6.92 Å². The molecule has 0 radical (unpaired) electrons. The number of thiophene rings is 1. The highest BCUT2D eigenvalue weighted by Gasteiger charge is 2.40. The van der Waals surface area contributed by atoms with Crippen molar-refractivity contribution >= 4 is 17.2 Å². The summed E-state index contributed by atoms with van der Waals surface area (Å²) in [6.45, 7) is 6.65. The van der Waals surface area contributed by atoms with E-state index in [-0.39, 0.29) is 18.1 Å². The molecule has 2 fully saturated rings. The van der Waals surface area contributed by atoms with Crippen molar-refractivity contribution < 1.29 is 9.53 Å². The molecule has 21 heavy (non-hydrogen) atoms. The first-order valence-corrected chi connectivity index (χ1v) is 8.71. The number of carbonyl (C=O) groups is 1. The highest BCUT2D eigenvalue weighted by Crippen LogP contribution is 2.32. The van der Waals surface area contributed by atoms with Crippen LogP contribution in [0, 0.1) is 12.8 Å². The van der Waals surface area contributed by atoms with Crippen molar-refractivity contribution in [2.45, 2.75) is 45.3 Å². The molecule has 2 aliphatic heterocycles. The Bertz CT molecular complexity index is 496. The van der Waals surface area contributed by atoms with E-state index in [0.717, 1.165) is 39.0 Å². The Morgan fingerprint density at radius 1 is 1.48 bits per heavy atom. The number of rotatable bonds is 4. The van der Waals surface area contributed by atoms with Gasteiger partial charge in [0.05, 0.1) is 12.6 Å². The number of aryl methyl sites for hydroxylation is 1. The number of carbonyl (C=O) groups excluding carboxylic acids is 1. The molecule has 0 spiro atoms. The van der Waals surface area contributed by atoms with Gasteiger partial charge in [-0.15, -0.1) is 11.3 Å². The Morgan fingerprint density at radius 3 is 2.95 bits per heavy atom. The van der Waals surface area contributed by atoms with E-state index in [4.69, 9.17) is 4.74 Å². The van der Waals surface area contributed by atoms with E-state index >= 15 is 0 Å². The minimum atomic E-state index is -0.0399. The van der Waals surface area contributed by atoms with Gasteiger partial charge in [-0.3, -0.25) is 10.1 Å². The number of nitrogens with zero attached hydrogens (tertiary/aromatic N) is 1. The summed E-state index contributed by atoms with van der Waals surface area (Å²) < 4.78 is 5.57. The van der Waals surface area contributed by atoms with Gasteiger partial charge in [-0.25, -0.2) is 0 Å². The van der Waals surface area contributed by atoms with Gasteiger partial charge in [-0.05, 0) is 38.3 Å². The van der Waals surface area contributed by atoms with Crippen LogP contribution in [0.3, 0.4) is 0 Å². The lowest BCUT2D eigenvalue weighted by Crippen LogP contribution is -2.37. The Morgan fingerprint density at radius 2 is 2.33 bits per heavy atom. The average Bonchev–Trinajstić information content (AvgIpc) is 3.05. The SMILES string of the molecule is CCC1NC(c2ccc(C)s2)N(CC2CCCOC2)C1=O. The van der Waals surface area contributed by atoms with Gasteiger partial charge >= 0.3 is 0 Å². The van der Waals surface area contributed by atoms with Crippen molar-refractivity contribution in [1.29, 1.82) is 0 Å². The molecule has 0 saturated carbocycles. The van der Waals surface area contributed by atoms with E-state index in [1.807, 2.05) is 4.90 Å². The summed E-state index contributed by atoms with van der Waals surface area (Å²) >= 11 is 1.78. The summed E-state index contributed by atoms with van der Waals surface area (Å²) in [6.07, 6.45) is 3.16. The summed E-state index contributed by atoms with van der Waals surface area (Å²) in [5.74, 6) is 0.725. The Hall–Kier alpha value is -0.910. The molecule has 3 heterocycles. The number of hydrogen-bond donors (Lipinski definition) is 1. The molecule has 3 unspecified atom stereocenters. The molecule has 3 rings (SSSR count). The van der Waals surface area contributed by atoms with Gasteiger partial charge in [0.1, 0.15) is 6.17 Å². The first kappa shape index (κ1) is 15.0. The van der Waals surface area contributed by atoms with Crippen molar-refractivity contribution in [2.24, 2.45) is 5.92 Å². The molecule has 116 valence electrons. The number of amides is 1. The molecule has 0 aromatic carbocycles. The maximum Gasteiger partial charge on any atom is 0.241 e. The quantitative estimate of drug-likeness (QED) is 0.930. The second-order valence-electron chi connectivity index (χ2n) is 6.05. The van der Waals surface area contributed by atoms with Crippen molar-refractivity contribution in [3.8, 4) is 0 Å². The Kier molecular flexibility index (Phi) is 4.62. The van der Waals surface area contributed by atoms with E-state index in [2.05, 4.69) is 31.3 Å². The largest absolute Gasteiger partial charge is 0.381 e. The molecule has 3 atom stereocenters. The van der Waals surface area contributed by atoms with Gasteiger partial charge in [0.25, 0.3) is 0 Å². The normalized spacial score (nSPS) is 30.1. The van der Waals surface area contributed by atoms with Crippen LogP contribution >= 0.6 is 11.3 Å². The molecule has 1 aromatic heterocycles. The van der Waals surface area contributed by atoms with Crippen LogP contribution in [0.25, 0.3) is 0 Å². The van der Waals surface area contributed by atoms with E-state index < -0.39 is 0 Å². The molecule has 5 heteroatoms.